The minimum atomic E-state index is 0.0404. The predicted molar refractivity (Wildman–Crippen MR) is 105 cm³/mol. The number of hydrogen-bond acceptors (Lipinski definition) is 3. The van der Waals surface area contributed by atoms with E-state index in [2.05, 4.69) is 29.0 Å². The normalized spacial score (nSPS) is 16.9. The zero-order valence-corrected chi connectivity index (χ0v) is 15.4. The van der Waals surface area contributed by atoms with Crippen molar-refractivity contribution in [2.45, 2.75) is 11.9 Å². The van der Waals surface area contributed by atoms with Crippen LogP contribution >= 0.6 is 11.8 Å². The SMILES string of the molecule is COc1ccccc1-n1ccc([C@H]2SCC(=O)N2Cc2ccccc2)c1. The molecular formula is C21H20N2O2S. The minimum absolute atomic E-state index is 0.0404. The van der Waals surface area contributed by atoms with Crippen LogP contribution in [0.15, 0.2) is 73.1 Å². The van der Waals surface area contributed by atoms with E-state index in [1.165, 1.54) is 0 Å². The van der Waals surface area contributed by atoms with Crippen molar-refractivity contribution in [3.8, 4) is 11.4 Å². The van der Waals surface area contributed by atoms with Crippen molar-refractivity contribution < 1.29 is 9.53 Å². The summed E-state index contributed by atoms with van der Waals surface area (Å²) in [5.74, 6) is 1.54. The van der Waals surface area contributed by atoms with Crippen LogP contribution in [0.25, 0.3) is 5.69 Å². The first-order valence-electron chi connectivity index (χ1n) is 8.52. The fourth-order valence-corrected chi connectivity index (χ4v) is 4.40. The number of rotatable bonds is 5. The molecule has 0 bridgehead atoms. The van der Waals surface area contributed by atoms with E-state index in [4.69, 9.17) is 4.74 Å². The lowest BCUT2D eigenvalue weighted by molar-refractivity contribution is -0.128. The summed E-state index contributed by atoms with van der Waals surface area (Å²) in [5.41, 5.74) is 3.27. The zero-order chi connectivity index (χ0) is 17.9. The van der Waals surface area contributed by atoms with E-state index in [0.717, 1.165) is 22.6 Å². The number of amides is 1. The number of carbonyl (C=O) groups excluding carboxylic acids is 1. The summed E-state index contributed by atoms with van der Waals surface area (Å²) in [6.07, 6.45) is 4.11. The van der Waals surface area contributed by atoms with E-state index in [0.29, 0.717) is 12.3 Å². The molecule has 1 amide bonds. The Kier molecular flexibility index (Phi) is 4.71. The van der Waals surface area contributed by atoms with Crippen LogP contribution in [0, 0.1) is 0 Å². The van der Waals surface area contributed by atoms with E-state index < -0.39 is 0 Å². The van der Waals surface area contributed by atoms with Crippen molar-refractivity contribution in [3.05, 3.63) is 84.2 Å². The van der Waals surface area contributed by atoms with Crippen molar-refractivity contribution in [2.24, 2.45) is 0 Å². The van der Waals surface area contributed by atoms with Gasteiger partial charge in [0.15, 0.2) is 0 Å². The highest BCUT2D eigenvalue weighted by molar-refractivity contribution is 8.00. The Balaban J connectivity index is 1.61. The first kappa shape index (κ1) is 16.8. The largest absolute Gasteiger partial charge is 0.495 e. The molecule has 0 N–H and O–H groups in total. The molecule has 0 unspecified atom stereocenters. The standard InChI is InChI=1S/C21H20N2O2S/c1-25-19-10-6-5-9-18(19)22-12-11-17(14-22)21-23(20(24)15-26-21)13-16-7-3-2-4-8-16/h2-12,14,21H,13,15H2,1H3/t21-/m1/s1. The fraction of sp³-hybridized carbons (Fsp3) is 0.190. The number of carbonyl (C=O) groups is 1. The second kappa shape index (κ2) is 7.30. The van der Waals surface area contributed by atoms with Crippen LogP contribution in [-0.2, 0) is 11.3 Å². The molecule has 1 saturated heterocycles. The van der Waals surface area contributed by atoms with Crippen molar-refractivity contribution in [1.82, 2.24) is 9.47 Å². The average Bonchev–Trinajstić information content (AvgIpc) is 3.30. The predicted octanol–water partition coefficient (Wildman–Crippen LogP) is 4.26. The molecule has 1 aromatic heterocycles. The molecule has 1 fully saturated rings. The molecule has 0 saturated carbocycles. The number of aromatic nitrogens is 1. The molecule has 1 atom stereocenters. The third-order valence-electron chi connectivity index (χ3n) is 4.53. The number of benzene rings is 2. The van der Waals surface area contributed by atoms with Crippen LogP contribution < -0.4 is 4.74 Å². The monoisotopic (exact) mass is 364 g/mol. The maximum Gasteiger partial charge on any atom is 0.234 e. The summed E-state index contributed by atoms with van der Waals surface area (Å²) in [6.45, 7) is 0.636. The Bertz CT molecular complexity index is 907. The highest BCUT2D eigenvalue weighted by Gasteiger charge is 2.33. The molecule has 4 nitrogen and oxygen atoms in total. The molecule has 26 heavy (non-hydrogen) atoms. The van der Waals surface area contributed by atoms with Crippen molar-refractivity contribution in [2.75, 3.05) is 12.9 Å². The summed E-state index contributed by atoms with van der Waals surface area (Å²) in [4.78, 5) is 14.4. The lowest BCUT2D eigenvalue weighted by Gasteiger charge is -2.23. The van der Waals surface area contributed by atoms with Gasteiger partial charge < -0.3 is 14.2 Å². The molecular weight excluding hydrogens is 344 g/mol. The van der Waals surface area contributed by atoms with Crippen LogP contribution in [0.4, 0.5) is 0 Å². The number of nitrogens with zero attached hydrogens (tertiary/aromatic N) is 2. The van der Waals surface area contributed by atoms with Crippen molar-refractivity contribution in [3.63, 3.8) is 0 Å². The molecule has 1 aliphatic rings. The number of hydrogen-bond donors (Lipinski definition) is 0. The summed E-state index contributed by atoms with van der Waals surface area (Å²) < 4.78 is 7.51. The van der Waals surface area contributed by atoms with Gasteiger partial charge in [0.25, 0.3) is 0 Å². The van der Waals surface area contributed by atoms with E-state index in [-0.39, 0.29) is 11.3 Å². The third-order valence-corrected chi connectivity index (χ3v) is 5.78. The van der Waals surface area contributed by atoms with Gasteiger partial charge in [-0.2, -0.15) is 0 Å². The van der Waals surface area contributed by atoms with Crippen LogP contribution in [0.5, 0.6) is 5.75 Å². The highest BCUT2D eigenvalue weighted by Crippen LogP contribution is 2.40. The fourth-order valence-electron chi connectivity index (χ4n) is 3.23. The highest BCUT2D eigenvalue weighted by atomic mass is 32.2. The Morgan fingerprint density at radius 3 is 2.65 bits per heavy atom. The summed E-state index contributed by atoms with van der Waals surface area (Å²) in [7, 11) is 1.68. The molecule has 4 rings (SSSR count). The molecule has 0 radical (unpaired) electrons. The number of methoxy groups -OCH3 is 1. The number of thioether (sulfide) groups is 1. The summed E-state index contributed by atoms with van der Waals surface area (Å²) >= 11 is 1.68. The lowest BCUT2D eigenvalue weighted by Crippen LogP contribution is -2.27. The first-order chi connectivity index (χ1) is 12.8. The Morgan fingerprint density at radius 2 is 1.85 bits per heavy atom. The quantitative estimate of drug-likeness (QED) is 0.678. The van der Waals surface area contributed by atoms with Gasteiger partial charge in [-0.25, -0.2) is 0 Å². The molecule has 1 aliphatic heterocycles. The minimum Gasteiger partial charge on any atom is -0.495 e. The third kappa shape index (κ3) is 3.22. The number of ether oxygens (including phenoxy) is 1. The van der Waals surface area contributed by atoms with E-state index in [1.54, 1.807) is 18.9 Å². The maximum absolute atomic E-state index is 12.4. The Morgan fingerprint density at radius 1 is 1.08 bits per heavy atom. The van der Waals surface area contributed by atoms with Gasteiger partial charge in [-0.3, -0.25) is 4.79 Å². The van der Waals surface area contributed by atoms with Crippen LogP contribution in [0.2, 0.25) is 0 Å². The van der Waals surface area contributed by atoms with Gasteiger partial charge in [0.05, 0.1) is 18.6 Å². The summed E-state index contributed by atoms with van der Waals surface area (Å²) in [6, 6.07) is 20.2. The van der Waals surface area contributed by atoms with Gasteiger partial charge in [-0.05, 0) is 23.8 Å². The van der Waals surface area contributed by atoms with E-state index in [1.807, 2.05) is 53.6 Å². The Hall–Kier alpha value is -2.66. The number of para-hydroxylation sites is 2. The van der Waals surface area contributed by atoms with Crippen LogP contribution in [-0.4, -0.2) is 28.2 Å². The maximum atomic E-state index is 12.4. The van der Waals surface area contributed by atoms with E-state index >= 15 is 0 Å². The first-order valence-corrected chi connectivity index (χ1v) is 9.57. The average molecular weight is 364 g/mol. The second-order valence-corrected chi connectivity index (χ2v) is 7.26. The van der Waals surface area contributed by atoms with Crippen LogP contribution in [0.3, 0.4) is 0 Å². The van der Waals surface area contributed by atoms with Gasteiger partial charge in [-0.15, -0.1) is 11.8 Å². The van der Waals surface area contributed by atoms with Gasteiger partial charge in [0.1, 0.15) is 11.1 Å². The van der Waals surface area contributed by atoms with E-state index in [9.17, 15) is 4.79 Å². The van der Waals surface area contributed by atoms with Gasteiger partial charge >= 0.3 is 0 Å². The molecule has 3 aromatic rings. The van der Waals surface area contributed by atoms with Crippen molar-refractivity contribution >= 4 is 17.7 Å². The molecule has 5 heteroatoms. The molecule has 2 aromatic carbocycles. The smallest absolute Gasteiger partial charge is 0.234 e. The molecule has 0 aliphatic carbocycles. The van der Waals surface area contributed by atoms with Gasteiger partial charge in [0, 0.05) is 24.5 Å². The van der Waals surface area contributed by atoms with Gasteiger partial charge in [0.2, 0.25) is 5.91 Å². The molecule has 0 spiro atoms. The van der Waals surface area contributed by atoms with Gasteiger partial charge in [-0.1, -0.05) is 42.5 Å². The lowest BCUT2D eigenvalue weighted by atomic mass is 10.2. The Labute approximate surface area is 157 Å². The molecule has 2 heterocycles. The molecule has 132 valence electrons. The van der Waals surface area contributed by atoms with Crippen LogP contribution in [0.1, 0.15) is 16.5 Å². The van der Waals surface area contributed by atoms with Crippen molar-refractivity contribution in [1.29, 1.82) is 0 Å². The second-order valence-electron chi connectivity index (χ2n) is 6.19. The zero-order valence-electron chi connectivity index (χ0n) is 14.5. The topological polar surface area (TPSA) is 34.5 Å². The summed E-state index contributed by atoms with van der Waals surface area (Å²) in [5, 5.41) is 0.0404.